The molecule has 0 aromatic rings. The molecule has 2 N–H and O–H groups in total. The molecule has 62 valence electrons. The van der Waals surface area contributed by atoms with Gasteiger partial charge in [-0.05, 0) is 13.0 Å². The van der Waals surface area contributed by atoms with E-state index in [2.05, 4.69) is 16.6 Å². The molecule has 0 aliphatic heterocycles. The Bertz CT molecular complexity index is 171. The van der Waals surface area contributed by atoms with E-state index in [4.69, 9.17) is 9.79 Å². The summed E-state index contributed by atoms with van der Waals surface area (Å²) in [5.74, 6) is 0. The zero-order valence-electron chi connectivity index (χ0n) is 5.80. The Morgan fingerprint density at radius 1 is 1.45 bits per heavy atom. The maximum atomic E-state index is 9.39. The van der Waals surface area contributed by atoms with Crippen molar-refractivity contribution in [1.82, 2.24) is 0 Å². The van der Waals surface area contributed by atoms with Crippen LogP contribution in [-0.4, -0.2) is 9.79 Å². The van der Waals surface area contributed by atoms with Crippen molar-refractivity contribution in [1.29, 1.82) is 0 Å². The quantitative estimate of drug-likeness (QED) is 0.520. The summed E-state index contributed by atoms with van der Waals surface area (Å²) in [6.45, 7) is 5.18. The highest BCUT2D eigenvalue weighted by Gasteiger charge is 2.31. The van der Waals surface area contributed by atoms with Crippen LogP contribution < -0.4 is 0 Å². The predicted octanol–water partition coefficient (Wildman–Crippen LogP) is 1.65. The molecule has 2 atom stereocenters. The first-order chi connectivity index (χ1) is 5.04. The summed E-state index contributed by atoms with van der Waals surface area (Å²) >= 11 is 0. The van der Waals surface area contributed by atoms with Crippen LogP contribution in [0.2, 0.25) is 0 Å². The van der Waals surface area contributed by atoms with Gasteiger partial charge in [0.1, 0.15) is 0 Å². The normalized spacial score (nSPS) is 10.1. The lowest BCUT2D eigenvalue weighted by molar-refractivity contribution is 0.371. The third-order valence-corrected chi connectivity index (χ3v) is 1.46. The summed E-state index contributed by atoms with van der Waals surface area (Å²) in [6.07, 6.45) is 1.76. The lowest BCUT2D eigenvalue weighted by Crippen LogP contribution is -1.58. The molecule has 0 fully saturated rings. The van der Waals surface area contributed by atoms with E-state index in [0.29, 0.717) is 0 Å². The molecule has 0 aromatic carbocycles. The minimum atomic E-state index is -2.92. The van der Waals surface area contributed by atoms with Crippen LogP contribution in [0, 0.1) is 0 Å². The second-order valence-electron chi connectivity index (χ2n) is 1.05. The molecule has 0 aliphatic rings. The minimum Gasteiger partial charge on any atom is -0.133 e. The zero-order valence-corrected chi connectivity index (χ0v) is 7.59. The van der Waals surface area contributed by atoms with Crippen molar-refractivity contribution >= 4 is 16.5 Å². The van der Waals surface area contributed by atoms with E-state index in [9.17, 15) is 9.13 Å². The Morgan fingerprint density at radius 3 is 1.73 bits per heavy atom. The topological polar surface area (TPSA) is 83.8 Å². The first-order valence-corrected chi connectivity index (χ1v) is 4.61. The van der Waals surface area contributed by atoms with Crippen LogP contribution in [0.3, 0.4) is 0 Å². The Kier molecular flexibility index (Phi) is 11.5. The number of allylic oxidation sites excluding steroid dienone is 1. The van der Waals surface area contributed by atoms with Crippen LogP contribution in [0.15, 0.2) is 18.4 Å². The third kappa shape index (κ3) is 26.2. The zero-order chi connectivity index (χ0) is 9.28. The highest BCUT2D eigenvalue weighted by atomic mass is 31.2. The summed E-state index contributed by atoms with van der Waals surface area (Å²) in [7, 11) is -5.85. The average molecular weight is 198 g/mol. The highest BCUT2D eigenvalue weighted by molar-refractivity contribution is 7.46. The fourth-order valence-electron chi connectivity index (χ4n) is 0.0598. The molecule has 11 heavy (non-hydrogen) atoms. The van der Waals surface area contributed by atoms with Crippen LogP contribution >= 0.6 is 16.5 Å². The largest absolute Gasteiger partial charge is 0.745 e. The van der Waals surface area contributed by atoms with Crippen molar-refractivity contribution in [2.75, 3.05) is 0 Å². The fourth-order valence-corrected chi connectivity index (χ4v) is 0.538. The second kappa shape index (κ2) is 9.60. The summed E-state index contributed by atoms with van der Waals surface area (Å²) in [5.41, 5.74) is 2.56. The molecule has 5 nitrogen and oxygen atoms in total. The first-order valence-electron chi connectivity index (χ1n) is 2.35. The van der Waals surface area contributed by atoms with E-state index in [1.165, 1.54) is 0 Å². The van der Waals surface area contributed by atoms with Gasteiger partial charge in [-0.1, -0.05) is 6.58 Å². The maximum Gasteiger partial charge on any atom is 0.745 e. The van der Waals surface area contributed by atoms with Crippen LogP contribution in [0.5, 0.6) is 0 Å². The standard InChI is InChI=1S/C4H6.O5P2/c1-3-4-2;1-6(2)5-7(3)4/h4H,1H2,2H3;/p+2. The molecule has 0 aliphatic carbocycles. The smallest absolute Gasteiger partial charge is 0.133 e. The first kappa shape index (κ1) is 13.2. The number of rotatable bonds is 2. The van der Waals surface area contributed by atoms with Crippen molar-refractivity contribution < 1.29 is 23.2 Å². The SMILES string of the molecule is C=C=CC.O=[P+](O)O[P+](=O)O. The molecule has 7 heteroatoms. The van der Waals surface area contributed by atoms with Gasteiger partial charge in [0.2, 0.25) is 0 Å². The van der Waals surface area contributed by atoms with E-state index in [1.54, 1.807) is 6.08 Å². The minimum absolute atomic E-state index is 1.76. The van der Waals surface area contributed by atoms with Crippen LogP contribution in [0.25, 0.3) is 0 Å². The van der Waals surface area contributed by atoms with Gasteiger partial charge in [-0.3, -0.25) is 0 Å². The van der Waals surface area contributed by atoms with E-state index >= 15 is 0 Å². The molecular weight excluding hydrogens is 190 g/mol. The van der Waals surface area contributed by atoms with Crippen LogP contribution in [0.1, 0.15) is 6.92 Å². The molecule has 0 aromatic heterocycles. The Hall–Kier alpha value is -0.400. The lowest BCUT2D eigenvalue weighted by Gasteiger charge is -1.50. The maximum absolute atomic E-state index is 9.39. The molecule has 0 bridgehead atoms. The Labute approximate surface area is 65.9 Å². The Balaban J connectivity index is 0. The molecule has 2 unspecified atom stereocenters. The summed E-state index contributed by atoms with van der Waals surface area (Å²) in [5, 5.41) is 0. The second-order valence-corrected chi connectivity index (χ2v) is 2.65. The molecule has 0 amide bonds. The fraction of sp³-hybridized carbons (Fsp3) is 0.250. The molecular formula is C4H8O5P2+2. The van der Waals surface area contributed by atoms with E-state index in [-0.39, 0.29) is 0 Å². The summed E-state index contributed by atoms with van der Waals surface area (Å²) in [4.78, 5) is 15.3. The monoisotopic (exact) mass is 198 g/mol. The average Bonchev–Trinajstić information content (AvgIpc) is 1.85. The molecule has 0 rings (SSSR count). The van der Waals surface area contributed by atoms with E-state index in [0.717, 1.165) is 0 Å². The van der Waals surface area contributed by atoms with Gasteiger partial charge in [-0.25, -0.2) is 0 Å². The molecule has 0 radical (unpaired) electrons. The number of hydrogen-bond acceptors (Lipinski definition) is 3. The summed E-state index contributed by atoms with van der Waals surface area (Å²) in [6, 6.07) is 0. The predicted molar refractivity (Wildman–Crippen MR) is 40.1 cm³/mol. The van der Waals surface area contributed by atoms with Crippen LogP contribution in [0.4, 0.5) is 0 Å². The van der Waals surface area contributed by atoms with Gasteiger partial charge in [0, 0.05) is 9.13 Å². The van der Waals surface area contributed by atoms with Gasteiger partial charge in [-0.15, -0.1) is 15.5 Å². The van der Waals surface area contributed by atoms with Crippen molar-refractivity contribution in [2.24, 2.45) is 0 Å². The third-order valence-electron chi connectivity index (χ3n) is 0.344. The molecule has 0 saturated carbocycles. The van der Waals surface area contributed by atoms with Crippen LogP contribution in [-0.2, 0) is 13.4 Å². The molecule has 0 spiro atoms. The Morgan fingerprint density at radius 2 is 1.73 bits per heavy atom. The van der Waals surface area contributed by atoms with Crippen molar-refractivity contribution in [3.05, 3.63) is 18.4 Å². The van der Waals surface area contributed by atoms with Gasteiger partial charge in [0.05, 0.1) is 0 Å². The van der Waals surface area contributed by atoms with Crippen molar-refractivity contribution in [3.8, 4) is 0 Å². The van der Waals surface area contributed by atoms with E-state index < -0.39 is 16.5 Å². The van der Waals surface area contributed by atoms with Gasteiger partial charge in [0.15, 0.2) is 4.31 Å². The number of hydrogen-bond donors (Lipinski definition) is 2. The lowest BCUT2D eigenvalue weighted by atomic mass is 10.7. The van der Waals surface area contributed by atoms with Gasteiger partial charge < -0.3 is 0 Å². The molecule has 0 heterocycles. The summed E-state index contributed by atoms with van der Waals surface area (Å²) < 4.78 is 22.2. The van der Waals surface area contributed by atoms with Gasteiger partial charge in [0.25, 0.3) is 0 Å². The highest BCUT2D eigenvalue weighted by Crippen LogP contribution is 2.30. The van der Waals surface area contributed by atoms with E-state index in [1.807, 2.05) is 6.92 Å². The van der Waals surface area contributed by atoms with Crippen molar-refractivity contribution in [3.63, 3.8) is 0 Å². The van der Waals surface area contributed by atoms with Gasteiger partial charge in [-0.2, -0.15) is 0 Å². The van der Waals surface area contributed by atoms with Gasteiger partial charge >= 0.3 is 16.5 Å². The van der Waals surface area contributed by atoms with Crippen molar-refractivity contribution in [2.45, 2.75) is 6.92 Å². The molecule has 0 saturated heterocycles.